The summed E-state index contributed by atoms with van der Waals surface area (Å²) in [5.74, 6) is 0.0123. The first-order chi connectivity index (χ1) is 8.49. The van der Waals surface area contributed by atoms with E-state index in [9.17, 15) is 4.79 Å². The maximum absolute atomic E-state index is 11.3. The Kier molecular flexibility index (Phi) is 3.93. The molecular weight excluding hydrogens is 248 g/mol. The highest BCUT2D eigenvalue weighted by Crippen LogP contribution is 2.25. The predicted molar refractivity (Wildman–Crippen MR) is 75.8 cm³/mol. The van der Waals surface area contributed by atoms with Gasteiger partial charge in [0.15, 0.2) is 5.78 Å². The molecule has 1 aromatic carbocycles. The first kappa shape index (κ1) is 13.4. The molecule has 0 radical (unpaired) electrons. The standard InChI is InChI=1S/C14H19ClN2O/c1-10-9-17(7-6-16(10)3)12-4-5-13(11(2)18)14(15)8-12/h4-5,8,10H,6-7,9H2,1-3H3. The van der Waals surface area contributed by atoms with E-state index in [0.717, 1.165) is 25.3 Å². The number of hydrogen-bond donors (Lipinski definition) is 0. The summed E-state index contributed by atoms with van der Waals surface area (Å²) < 4.78 is 0. The second-order valence-corrected chi connectivity index (χ2v) is 5.40. The molecule has 1 aliphatic rings. The number of Topliss-reactive ketones (excluding diaryl/α,β-unsaturated/α-hetero) is 1. The van der Waals surface area contributed by atoms with Crippen LogP contribution in [0, 0.1) is 0 Å². The van der Waals surface area contributed by atoms with Crippen LogP contribution in [0.1, 0.15) is 24.2 Å². The van der Waals surface area contributed by atoms with Crippen molar-refractivity contribution < 1.29 is 4.79 Å². The third-order valence-electron chi connectivity index (χ3n) is 3.66. The van der Waals surface area contributed by atoms with Crippen LogP contribution < -0.4 is 4.90 Å². The molecule has 0 aromatic heterocycles. The molecule has 0 amide bonds. The molecule has 1 atom stereocenters. The quantitative estimate of drug-likeness (QED) is 0.769. The lowest BCUT2D eigenvalue weighted by atomic mass is 10.1. The zero-order valence-electron chi connectivity index (χ0n) is 11.1. The van der Waals surface area contributed by atoms with Crippen LogP contribution in [0.2, 0.25) is 5.02 Å². The van der Waals surface area contributed by atoms with Gasteiger partial charge in [-0.05, 0) is 39.1 Å². The average molecular weight is 267 g/mol. The minimum absolute atomic E-state index is 0.0123. The first-order valence-corrected chi connectivity index (χ1v) is 6.62. The van der Waals surface area contributed by atoms with E-state index in [1.807, 2.05) is 18.2 Å². The summed E-state index contributed by atoms with van der Waals surface area (Å²) in [7, 11) is 2.15. The fourth-order valence-electron chi connectivity index (χ4n) is 2.27. The maximum atomic E-state index is 11.3. The van der Waals surface area contributed by atoms with E-state index in [2.05, 4.69) is 23.8 Å². The van der Waals surface area contributed by atoms with Crippen LogP contribution in [0.3, 0.4) is 0 Å². The number of rotatable bonds is 2. The SMILES string of the molecule is CC(=O)c1ccc(N2CCN(C)C(C)C2)cc1Cl. The van der Waals surface area contributed by atoms with Gasteiger partial charge in [-0.1, -0.05) is 11.6 Å². The van der Waals surface area contributed by atoms with E-state index < -0.39 is 0 Å². The first-order valence-electron chi connectivity index (χ1n) is 6.24. The Morgan fingerprint density at radius 3 is 2.67 bits per heavy atom. The molecule has 0 bridgehead atoms. The molecule has 18 heavy (non-hydrogen) atoms. The lowest BCUT2D eigenvalue weighted by molar-refractivity contribution is 0.101. The maximum Gasteiger partial charge on any atom is 0.161 e. The van der Waals surface area contributed by atoms with E-state index in [0.29, 0.717) is 16.6 Å². The fraction of sp³-hybridized carbons (Fsp3) is 0.500. The highest BCUT2D eigenvalue weighted by atomic mass is 35.5. The van der Waals surface area contributed by atoms with Gasteiger partial charge >= 0.3 is 0 Å². The van der Waals surface area contributed by atoms with Gasteiger partial charge in [-0.25, -0.2) is 0 Å². The number of piperazine rings is 1. The smallest absolute Gasteiger partial charge is 0.161 e. The van der Waals surface area contributed by atoms with Gasteiger partial charge in [0, 0.05) is 36.9 Å². The van der Waals surface area contributed by atoms with Crippen LogP contribution in [0.15, 0.2) is 18.2 Å². The molecule has 0 aliphatic carbocycles. The number of hydrogen-bond acceptors (Lipinski definition) is 3. The molecule has 4 heteroatoms. The summed E-state index contributed by atoms with van der Waals surface area (Å²) in [4.78, 5) is 16.0. The van der Waals surface area contributed by atoms with Crippen molar-refractivity contribution in [2.75, 3.05) is 31.6 Å². The third-order valence-corrected chi connectivity index (χ3v) is 3.97. The predicted octanol–water partition coefficient (Wildman–Crippen LogP) is 2.68. The van der Waals surface area contributed by atoms with E-state index in [1.54, 1.807) is 6.92 Å². The van der Waals surface area contributed by atoms with E-state index in [4.69, 9.17) is 11.6 Å². The molecule has 2 rings (SSSR count). The van der Waals surface area contributed by atoms with Gasteiger partial charge in [0.2, 0.25) is 0 Å². The van der Waals surface area contributed by atoms with Crippen LogP contribution in [0.4, 0.5) is 5.69 Å². The number of likely N-dealkylation sites (N-methyl/N-ethyl adjacent to an activating group) is 1. The highest BCUT2D eigenvalue weighted by molar-refractivity contribution is 6.34. The molecule has 3 nitrogen and oxygen atoms in total. The van der Waals surface area contributed by atoms with Gasteiger partial charge in [0.25, 0.3) is 0 Å². The van der Waals surface area contributed by atoms with Gasteiger partial charge < -0.3 is 9.80 Å². The number of benzene rings is 1. The van der Waals surface area contributed by atoms with Crippen LogP contribution >= 0.6 is 11.6 Å². The molecule has 98 valence electrons. The monoisotopic (exact) mass is 266 g/mol. The van der Waals surface area contributed by atoms with Crippen molar-refractivity contribution in [3.05, 3.63) is 28.8 Å². The van der Waals surface area contributed by atoms with Crippen LogP contribution in [-0.4, -0.2) is 43.4 Å². The summed E-state index contributed by atoms with van der Waals surface area (Å²) >= 11 is 6.15. The molecule has 1 aliphatic heterocycles. The average Bonchev–Trinajstić information content (AvgIpc) is 2.32. The Bertz CT molecular complexity index is 461. The highest BCUT2D eigenvalue weighted by Gasteiger charge is 2.21. The van der Waals surface area contributed by atoms with E-state index in [-0.39, 0.29) is 5.78 Å². The Morgan fingerprint density at radius 1 is 1.39 bits per heavy atom. The number of carbonyl (C=O) groups is 1. The van der Waals surface area contributed by atoms with Crippen molar-refractivity contribution in [3.63, 3.8) is 0 Å². The fourth-order valence-corrected chi connectivity index (χ4v) is 2.58. The Balaban J connectivity index is 2.19. The lowest BCUT2D eigenvalue weighted by Crippen LogP contribution is -2.50. The zero-order valence-corrected chi connectivity index (χ0v) is 11.9. The van der Waals surface area contributed by atoms with Crippen LogP contribution in [0.25, 0.3) is 0 Å². The van der Waals surface area contributed by atoms with Gasteiger partial charge in [-0.2, -0.15) is 0 Å². The Labute approximate surface area is 113 Å². The molecule has 0 saturated carbocycles. The molecule has 1 unspecified atom stereocenters. The molecule has 1 fully saturated rings. The van der Waals surface area contributed by atoms with Crippen molar-refractivity contribution in [1.29, 1.82) is 0 Å². The third kappa shape index (κ3) is 2.68. The minimum atomic E-state index is 0.0123. The normalized spacial score (nSPS) is 21.1. The number of anilines is 1. The van der Waals surface area contributed by atoms with Crippen molar-refractivity contribution in [1.82, 2.24) is 4.90 Å². The Hall–Kier alpha value is -1.06. The summed E-state index contributed by atoms with van der Waals surface area (Å²) in [5, 5.41) is 0.548. The van der Waals surface area contributed by atoms with Crippen molar-refractivity contribution >= 4 is 23.1 Å². The number of nitrogens with zero attached hydrogens (tertiary/aromatic N) is 2. The molecule has 1 aromatic rings. The number of ketones is 1. The van der Waals surface area contributed by atoms with Gasteiger partial charge in [-0.3, -0.25) is 4.79 Å². The zero-order chi connectivity index (χ0) is 13.3. The largest absolute Gasteiger partial charge is 0.369 e. The minimum Gasteiger partial charge on any atom is -0.369 e. The second kappa shape index (κ2) is 5.29. The molecule has 1 saturated heterocycles. The van der Waals surface area contributed by atoms with E-state index >= 15 is 0 Å². The topological polar surface area (TPSA) is 23.6 Å². The van der Waals surface area contributed by atoms with Gasteiger partial charge in [0.1, 0.15) is 0 Å². The molecule has 0 spiro atoms. The van der Waals surface area contributed by atoms with Crippen LogP contribution in [-0.2, 0) is 0 Å². The summed E-state index contributed by atoms with van der Waals surface area (Å²) in [6.07, 6.45) is 0. The summed E-state index contributed by atoms with van der Waals surface area (Å²) in [6.45, 7) is 6.80. The van der Waals surface area contributed by atoms with Gasteiger partial charge in [-0.15, -0.1) is 0 Å². The van der Waals surface area contributed by atoms with E-state index in [1.165, 1.54) is 0 Å². The summed E-state index contributed by atoms with van der Waals surface area (Å²) in [6, 6.07) is 6.24. The number of halogens is 1. The number of carbonyl (C=O) groups excluding carboxylic acids is 1. The van der Waals surface area contributed by atoms with Crippen molar-refractivity contribution in [2.24, 2.45) is 0 Å². The van der Waals surface area contributed by atoms with Crippen molar-refractivity contribution in [3.8, 4) is 0 Å². The molecule has 0 N–H and O–H groups in total. The van der Waals surface area contributed by atoms with Crippen molar-refractivity contribution in [2.45, 2.75) is 19.9 Å². The van der Waals surface area contributed by atoms with Crippen LogP contribution in [0.5, 0.6) is 0 Å². The lowest BCUT2D eigenvalue weighted by Gasteiger charge is -2.39. The molecular formula is C14H19ClN2O. The summed E-state index contributed by atoms with van der Waals surface area (Å²) in [5.41, 5.74) is 1.70. The Morgan fingerprint density at radius 2 is 2.11 bits per heavy atom. The molecule has 1 heterocycles. The second-order valence-electron chi connectivity index (χ2n) is 5.00. The van der Waals surface area contributed by atoms with Gasteiger partial charge in [0.05, 0.1) is 5.02 Å².